The Labute approximate surface area is 496 Å². The number of nitrogens with two attached hydrogens (primary N) is 1. The van der Waals surface area contributed by atoms with Gasteiger partial charge in [0.15, 0.2) is 23.2 Å². The van der Waals surface area contributed by atoms with Gasteiger partial charge < -0.3 is 41.0 Å². The Hall–Kier alpha value is -5.60. The molecule has 16 unspecified atom stereocenters. The summed E-state index contributed by atoms with van der Waals surface area (Å²) in [6.07, 6.45) is 32.3. The molecule has 16 rings (SSSR count). The van der Waals surface area contributed by atoms with Crippen LogP contribution in [0.1, 0.15) is 198 Å². The van der Waals surface area contributed by atoms with E-state index in [9.17, 15) is 20.4 Å². The number of carbonyl (C=O) groups excluding carboxylic acids is 1. The lowest BCUT2D eigenvalue weighted by Gasteiger charge is -2.66. The molecule has 1 saturated heterocycles. The molecule has 14 bridgehead atoms. The van der Waals surface area contributed by atoms with Crippen molar-refractivity contribution in [3.05, 3.63) is 134 Å². The van der Waals surface area contributed by atoms with Crippen molar-refractivity contribution in [2.24, 2.45) is 68.9 Å². The molecule has 13 aliphatic rings. The average molecular weight is 1130 g/mol. The summed E-state index contributed by atoms with van der Waals surface area (Å²) < 4.78 is 14.5. The second-order valence-electron chi connectivity index (χ2n) is 29.5. The molecule has 10 heteroatoms. The quantitative estimate of drug-likeness (QED) is 0.110. The predicted molar refractivity (Wildman–Crippen MR) is 326 cm³/mol. The van der Waals surface area contributed by atoms with Crippen molar-refractivity contribution in [2.75, 3.05) is 19.8 Å². The molecule has 84 heavy (non-hydrogen) atoms. The molecule has 3 aromatic rings. The first kappa shape index (κ1) is 53.8. The van der Waals surface area contributed by atoms with E-state index in [1.165, 1.54) is 28.7 Å². The number of rotatable bonds is 4. The van der Waals surface area contributed by atoms with Crippen LogP contribution in [0.2, 0.25) is 0 Å². The molecule has 0 aromatic heterocycles. The number of ether oxygens (including phenoxy) is 2. The number of hydrogen-bond donors (Lipinski definition) is 6. The number of nitrogens with one attached hydrogen (secondary N) is 1. The normalized spacial score (nSPS) is 39.6. The van der Waals surface area contributed by atoms with E-state index in [1.807, 2.05) is 6.07 Å². The van der Waals surface area contributed by atoms with Crippen LogP contribution in [0, 0.1) is 70.0 Å². The smallest absolute Gasteiger partial charge is 0.189 e. The van der Waals surface area contributed by atoms with Crippen molar-refractivity contribution < 1.29 is 34.7 Å². The summed E-state index contributed by atoms with van der Waals surface area (Å²) in [5.41, 5.74) is 17.2. The summed E-state index contributed by atoms with van der Waals surface area (Å²) in [4.78, 5) is 21.6. The number of phenols is 2. The molecule has 0 amide bonds. The third kappa shape index (κ3) is 8.18. The van der Waals surface area contributed by atoms with Crippen molar-refractivity contribution in [1.82, 2.24) is 5.32 Å². The van der Waals surface area contributed by atoms with E-state index in [2.05, 4.69) is 90.9 Å². The molecule has 7 N–H and O–H groups in total. The van der Waals surface area contributed by atoms with E-state index < -0.39 is 16.2 Å². The third-order valence-corrected chi connectivity index (χ3v) is 25.0. The van der Waals surface area contributed by atoms with Crippen molar-refractivity contribution in [3.63, 3.8) is 0 Å². The van der Waals surface area contributed by atoms with Crippen LogP contribution in [-0.4, -0.2) is 70.2 Å². The highest BCUT2D eigenvalue weighted by atomic mass is 16.5. The van der Waals surface area contributed by atoms with Gasteiger partial charge in [0.25, 0.3) is 0 Å². The molecule has 2 spiro atoms. The first-order valence-corrected chi connectivity index (χ1v) is 33.2. The van der Waals surface area contributed by atoms with Gasteiger partial charge in [-0.3, -0.25) is 4.79 Å². The number of aliphatic imine (C=N–C) groups is 1. The number of allylic oxidation sites excluding steroid dienone is 6. The molecule has 3 aromatic carbocycles. The third-order valence-electron chi connectivity index (χ3n) is 25.0. The van der Waals surface area contributed by atoms with Gasteiger partial charge in [-0.05, 0) is 232 Å². The molecular formula is C74H87N3O7. The van der Waals surface area contributed by atoms with Gasteiger partial charge in [-0.15, -0.1) is 0 Å². The summed E-state index contributed by atoms with van der Waals surface area (Å²) in [5.74, 6) is 8.98. The molecule has 5 saturated carbocycles. The Balaban J connectivity index is 1.01. The number of ketones is 1. The number of hydrogen-bond acceptors (Lipinski definition) is 10. The van der Waals surface area contributed by atoms with E-state index in [-0.39, 0.29) is 114 Å². The molecular weight excluding hydrogens is 1040 g/mol. The minimum absolute atomic E-state index is 0.0410. The van der Waals surface area contributed by atoms with Crippen molar-refractivity contribution >= 4 is 11.7 Å². The minimum atomic E-state index is -0.713. The van der Waals surface area contributed by atoms with Crippen LogP contribution in [0.4, 0.5) is 0 Å². The van der Waals surface area contributed by atoms with E-state index in [0.717, 1.165) is 142 Å². The van der Waals surface area contributed by atoms with Crippen molar-refractivity contribution in [1.29, 1.82) is 0 Å². The first-order chi connectivity index (χ1) is 40.9. The van der Waals surface area contributed by atoms with Crippen LogP contribution in [0.15, 0.2) is 94.6 Å². The van der Waals surface area contributed by atoms with Gasteiger partial charge in [0.2, 0.25) is 0 Å². The van der Waals surface area contributed by atoms with Crippen LogP contribution in [0.25, 0.3) is 0 Å². The van der Waals surface area contributed by atoms with Crippen LogP contribution in [0.5, 0.6) is 17.2 Å². The average Bonchev–Trinajstić information content (AvgIpc) is 0.866. The highest BCUT2D eigenvalue weighted by molar-refractivity contribution is 5.98. The highest BCUT2D eigenvalue weighted by Gasteiger charge is 2.66. The molecule has 440 valence electrons. The van der Waals surface area contributed by atoms with Crippen molar-refractivity contribution in [3.8, 4) is 29.1 Å². The van der Waals surface area contributed by atoms with E-state index in [4.69, 9.17) is 20.2 Å². The predicted octanol–water partition coefficient (Wildman–Crippen LogP) is 12.5. The fraction of sp³-hybridized carbons (Fsp3) is 0.595. The Morgan fingerprint density at radius 3 is 2.65 bits per heavy atom. The van der Waals surface area contributed by atoms with Crippen LogP contribution < -0.4 is 15.8 Å². The standard InChI is InChI=1S/C74H87N3O7/c1-42-36-72-24-21-46-30-49-38-71(41-79)22-6-5-16-59(71)58(40-78)64(49)61(81)34-56(46)57-35-62(84-54-13-2-3-14-54)68(82)66-55(57)15-8-12-52(31-48-32-63(72)73(37-42)39-47-10-9-25-83-69(47)65(48)67(66)73)76-70(75)77-74-23-7-4-11-50(74)20-19-45-18-17-43(29-60(45)74)26-44-27-51(72)33-53(80)28-44/h6,17-18,21-22,24,27-29,32-33,35,42,46-50,52,54,56,59,65,67,69,78-80,82H,2-5,7,9-14,16,19-20,23,25-26,30-31,34,36-41H2,1H3,(H3,75,76,77). The second kappa shape index (κ2) is 20.2. The maximum absolute atomic E-state index is 16.0. The Morgan fingerprint density at radius 2 is 1.79 bits per heavy atom. The summed E-state index contributed by atoms with van der Waals surface area (Å²) in [6.45, 7) is 2.89. The Kier molecular flexibility index (Phi) is 13.0. The molecule has 6 fully saturated rings. The van der Waals surface area contributed by atoms with Gasteiger partial charge >= 0.3 is 0 Å². The number of nitrogens with zero attached hydrogens (tertiary/aromatic N) is 1. The Morgan fingerprint density at radius 1 is 0.905 bits per heavy atom. The summed E-state index contributed by atoms with van der Waals surface area (Å²) in [7, 11) is 0. The number of aliphatic hydroxyl groups excluding tert-OH is 2. The molecule has 10 nitrogen and oxygen atoms in total. The minimum Gasteiger partial charge on any atom is -0.508 e. The number of aliphatic hydroxyl groups is 2. The van der Waals surface area contributed by atoms with Gasteiger partial charge in [-0.25, -0.2) is 4.99 Å². The summed E-state index contributed by atoms with van der Waals surface area (Å²) in [5, 5.41) is 53.5. The number of aryl methyl sites for hydroxylation is 1. The van der Waals surface area contributed by atoms with Gasteiger partial charge in [0.1, 0.15) is 5.75 Å². The second-order valence-corrected chi connectivity index (χ2v) is 29.5. The van der Waals surface area contributed by atoms with Crippen molar-refractivity contribution in [2.45, 2.75) is 196 Å². The van der Waals surface area contributed by atoms with Crippen LogP contribution in [-0.2, 0) is 33.3 Å². The number of benzene rings is 3. The lowest BCUT2D eigenvalue weighted by molar-refractivity contribution is -0.144. The molecule has 0 radical (unpaired) electrons. The highest BCUT2D eigenvalue weighted by Crippen LogP contribution is 2.74. The van der Waals surface area contributed by atoms with Gasteiger partial charge in [0, 0.05) is 58.3 Å². The van der Waals surface area contributed by atoms with E-state index in [1.54, 1.807) is 0 Å². The maximum Gasteiger partial charge on any atom is 0.189 e. The van der Waals surface area contributed by atoms with Gasteiger partial charge in [-0.1, -0.05) is 91.8 Å². The number of carbonyl (C=O) groups is 1. The number of phenolic OH excluding ortho intramolecular Hbond substituents is 2. The van der Waals surface area contributed by atoms with Crippen LogP contribution in [0.3, 0.4) is 0 Å². The fourth-order valence-corrected chi connectivity index (χ4v) is 22.1. The molecule has 2 heterocycles. The SMILES string of the molecule is CC1CC23C=CC4CC5CC6(CO)C=CCCC6C(CO)=C5C(=O)CC4c4cc(OC5CCCC5)c(O)c5c4C#CCC(CC4C=C2C2(C1)CC1CCCOC1C4C52)N=C(N)NC12CCCCC1CCc1ccc(cc12)Cc1cc(O)cc3c1. The zero-order valence-electron chi connectivity index (χ0n) is 49.4. The lowest BCUT2D eigenvalue weighted by atomic mass is 9.38. The summed E-state index contributed by atoms with van der Waals surface area (Å²) >= 11 is 0. The molecule has 16 atom stereocenters. The maximum atomic E-state index is 16.0. The molecule has 2 aliphatic heterocycles. The van der Waals surface area contributed by atoms with Crippen LogP contribution >= 0.6 is 0 Å². The number of guanidine groups is 1. The fourth-order valence-electron chi connectivity index (χ4n) is 22.1. The monoisotopic (exact) mass is 1130 g/mol. The Bertz CT molecular complexity index is 3450. The van der Waals surface area contributed by atoms with Gasteiger partial charge in [0.05, 0.1) is 37.0 Å². The summed E-state index contributed by atoms with van der Waals surface area (Å²) in [6, 6.07) is 15.5. The van der Waals surface area contributed by atoms with Gasteiger partial charge in [-0.2, -0.15) is 0 Å². The number of fused-ring (bicyclic) bond motifs is 9. The topological polar surface area (TPSA) is 167 Å². The zero-order chi connectivity index (χ0) is 56.9. The number of Topliss-reactive ketones (excluding diaryl/α,β-unsaturated/α-hetero) is 1. The van der Waals surface area contributed by atoms with E-state index in [0.29, 0.717) is 56.3 Å². The van der Waals surface area contributed by atoms with E-state index >= 15 is 4.79 Å². The largest absolute Gasteiger partial charge is 0.508 e. The number of aromatic hydroxyl groups is 2. The lowest BCUT2D eigenvalue weighted by Crippen LogP contribution is -2.61. The molecule has 11 aliphatic carbocycles. The zero-order valence-corrected chi connectivity index (χ0v) is 49.4. The first-order valence-electron chi connectivity index (χ1n) is 33.2.